The predicted molar refractivity (Wildman–Crippen MR) is 113 cm³/mol. The number of rotatable bonds is 6. The topological polar surface area (TPSA) is 79.1 Å². The molecule has 4 heterocycles. The summed E-state index contributed by atoms with van der Waals surface area (Å²) >= 11 is 0. The zero-order valence-corrected chi connectivity index (χ0v) is 18.5. The molecule has 0 aliphatic carbocycles. The SMILES string of the molecule is CCOC1CN=CC(C2CC(C)C3C(=O)N(C4C=NN(CC(F)(F)F)C4)[C@H](OC)C3=N2)C1. The minimum absolute atomic E-state index is 0.0196. The quantitative estimate of drug-likeness (QED) is 0.611. The number of likely N-dealkylation sites (tertiary alicyclic amines) is 1. The van der Waals surface area contributed by atoms with Crippen molar-refractivity contribution in [3.05, 3.63) is 0 Å². The summed E-state index contributed by atoms with van der Waals surface area (Å²) in [5.74, 6) is -0.429. The number of alkyl halides is 3. The Morgan fingerprint density at radius 1 is 1.25 bits per heavy atom. The molecule has 8 nitrogen and oxygen atoms in total. The van der Waals surface area contributed by atoms with E-state index in [2.05, 4.69) is 10.1 Å². The van der Waals surface area contributed by atoms with Crippen LogP contribution < -0.4 is 0 Å². The summed E-state index contributed by atoms with van der Waals surface area (Å²) in [4.78, 5) is 24.3. The van der Waals surface area contributed by atoms with Crippen molar-refractivity contribution in [1.82, 2.24) is 9.91 Å². The lowest BCUT2D eigenvalue weighted by molar-refractivity contribution is -0.147. The van der Waals surface area contributed by atoms with E-state index in [1.54, 1.807) is 0 Å². The van der Waals surface area contributed by atoms with Gasteiger partial charge in [-0.2, -0.15) is 18.3 Å². The molecule has 1 fully saturated rings. The standard InChI is InChI=1S/C21H30F3N5O3/c1-4-32-15-6-13(7-25-9-15)16-5-12(2)17-18(27-16)20(31-3)29(19(17)30)14-8-26-28(10-14)11-21(22,23)24/h7-8,12-17,20H,4-6,9-11H2,1-3H3/t12?,13?,14?,15?,16?,17?,20-/m1/s1. The molecule has 0 aromatic carbocycles. The fourth-order valence-corrected chi connectivity index (χ4v) is 5.30. The molecule has 6 unspecified atom stereocenters. The van der Waals surface area contributed by atoms with Crippen molar-refractivity contribution in [2.75, 3.05) is 33.4 Å². The number of carbonyl (C=O) groups excluding carboxylic acids is 1. The van der Waals surface area contributed by atoms with E-state index in [4.69, 9.17) is 14.5 Å². The number of nitrogens with zero attached hydrogens (tertiary/aromatic N) is 5. The van der Waals surface area contributed by atoms with Gasteiger partial charge in [0.15, 0.2) is 6.23 Å². The molecule has 4 aliphatic heterocycles. The number of hydrogen-bond donors (Lipinski definition) is 0. The van der Waals surface area contributed by atoms with E-state index in [0.29, 0.717) is 18.9 Å². The Bertz CT molecular complexity index is 802. The number of methoxy groups -OCH3 is 1. The normalized spacial score (nSPS) is 37.2. The third-order valence-electron chi connectivity index (χ3n) is 6.62. The number of carbonyl (C=O) groups is 1. The van der Waals surface area contributed by atoms with Gasteiger partial charge >= 0.3 is 6.18 Å². The van der Waals surface area contributed by atoms with Gasteiger partial charge in [-0.1, -0.05) is 6.92 Å². The van der Waals surface area contributed by atoms with E-state index >= 15 is 0 Å². The van der Waals surface area contributed by atoms with Gasteiger partial charge in [0, 0.05) is 32.1 Å². The molecule has 0 bridgehead atoms. The van der Waals surface area contributed by atoms with Gasteiger partial charge in [-0.25, -0.2) is 0 Å². The highest BCUT2D eigenvalue weighted by Crippen LogP contribution is 2.39. The van der Waals surface area contributed by atoms with Crippen LogP contribution in [-0.2, 0) is 14.3 Å². The number of ether oxygens (including phenoxy) is 2. The Balaban J connectivity index is 1.53. The number of fused-ring (bicyclic) bond motifs is 1. The second kappa shape index (κ2) is 9.09. The van der Waals surface area contributed by atoms with Crippen LogP contribution in [0.15, 0.2) is 15.1 Å². The second-order valence-electron chi connectivity index (χ2n) is 8.93. The number of hydrogen-bond acceptors (Lipinski definition) is 7. The van der Waals surface area contributed by atoms with Crippen molar-refractivity contribution in [3.63, 3.8) is 0 Å². The van der Waals surface area contributed by atoms with Crippen LogP contribution in [0.1, 0.15) is 26.7 Å². The van der Waals surface area contributed by atoms with Crippen LogP contribution in [0.5, 0.6) is 0 Å². The summed E-state index contributed by atoms with van der Waals surface area (Å²) in [6.45, 7) is 4.10. The molecular weight excluding hydrogens is 427 g/mol. The molecule has 11 heteroatoms. The number of aliphatic imine (C=N–C) groups is 2. The Morgan fingerprint density at radius 2 is 2.03 bits per heavy atom. The maximum atomic E-state index is 13.3. The lowest BCUT2D eigenvalue weighted by atomic mass is 9.78. The van der Waals surface area contributed by atoms with Gasteiger partial charge in [0.1, 0.15) is 6.54 Å². The van der Waals surface area contributed by atoms with Crippen LogP contribution in [0.25, 0.3) is 0 Å². The fourth-order valence-electron chi connectivity index (χ4n) is 5.30. The smallest absolute Gasteiger partial charge is 0.377 e. The monoisotopic (exact) mass is 457 g/mol. The van der Waals surface area contributed by atoms with Crippen molar-refractivity contribution in [2.45, 2.75) is 57.3 Å². The van der Waals surface area contributed by atoms with Crippen LogP contribution in [0, 0.1) is 17.8 Å². The third-order valence-corrected chi connectivity index (χ3v) is 6.62. The number of hydrazone groups is 1. The number of amides is 1. The van der Waals surface area contributed by atoms with Gasteiger partial charge in [-0.15, -0.1) is 0 Å². The van der Waals surface area contributed by atoms with Gasteiger partial charge in [0.2, 0.25) is 5.91 Å². The Hall–Kier alpha value is -2.01. The molecule has 0 aromatic heterocycles. The van der Waals surface area contributed by atoms with Crippen LogP contribution in [0.4, 0.5) is 13.2 Å². The average Bonchev–Trinajstić information content (AvgIpc) is 3.28. The van der Waals surface area contributed by atoms with Crippen molar-refractivity contribution < 1.29 is 27.4 Å². The van der Waals surface area contributed by atoms with E-state index in [1.165, 1.54) is 18.2 Å². The molecule has 0 aromatic rings. The van der Waals surface area contributed by atoms with Crippen LogP contribution in [0.2, 0.25) is 0 Å². The molecule has 0 spiro atoms. The summed E-state index contributed by atoms with van der Waals surface area (Å²) in [5.41, 5.74) is 0.663. The molecule has 0 N–H and O–H groups in total. The van der Waals surface area contributed by atoms with Gasteiger partial charge in [-0.05, 0) is 25.7 Å². The highest BCUT2D eigenvalue weighted by molar-refractivity contribution is 6.14. The predicted octanol–water partition coefficient (Wildman–Crippen LogP) is 1.99. The zero-order chi connectivity index (χ0) is 23.0. The highest BCUT2D eigenvalue weighted by Gasteiger charge is 2.53. The first-order valence-corrected chi connectivity index (χ1v) is 11.1. The maximum absolute atomic E-state index is 13.3. The Kier molecular flexibility index (Phi) is 6.58. The fraction of sp³-hybridized carbons (Fsp3) is 0.810. The third kappa shape index (κ3) is 4.54. The summed E-state index contributed by atoms with van der Waals surface area (Å²) in [7, 11) is 1.50. The van der Waals surface area contributed by atoms with Crippen LogP contribution in [-0.4, -0.2) is 97.9 Å². The summed E-state index contributed by atoms with van der Waals surface area (Å²) in [5, 5.41) is 4.81. The van der Waals surface area contributed by atoms with E-state index < -0.39 is 30.9 Å². The largest absolute Gasteiger partial charge is 0.407 e. The molecule has 7 atom stereocenters. The molecule has 0 radical (unpaired) electrons. The van der Waals surface area contributed by atoms with E-state index in [9.17, 15) is 18.0 Å². The first-order chi connectivity index (χ1) is 15.2. The van der Waals surface area contributed by atoms with Gasteiger partial charge in [0.25, 0.3) is 0 Å². The summed E-state index contributed by atoms with van der Waals surface area (Å²) in [6, 6.07) is -0.625. The highest BCUT2D eigenvalue weighted by atomic mass is 19.4. The van der Waals surface area contributed by atoms with Gasteiger partial charge < -0.3 is 14.4 Å². The average molecular weight is 457 g/mol. The molecular formula is C21H30F3N5O3. The molecule has 1 saturated heterocycles. The molecule has 32 heavy (non-hydrogen) atoms. The Labute approximate surface area is 185 Å². The zero-order valence-electron chi connectivity index (χ0n) is 18.5. The van der Waals surface area contributed by atoms with Crippen molar-refractivity contribution in [2.24, 2.45) is 32.8 Å². The molecule has 178 valence electrons. The van der Waals surface area contributed by atoms with Crippen LogP contribution in [0.3, 0.4) is 0 Å². The first kappa shape index (κ1) is 23.2. The molecule has 4 rings (SSSR count). The Morgan fingerprint density at radius 3 is 2.72 bits per heavy atom. The lowest BCUT2D eigenvalue weighted by Gasteiger charge is -2.34. The van der Waals surface area contributed by atoms with Crippen molar-refractivity contribution >= 4 is 24.0 Å². The van der Waals surface area contributed by atoms with Crippen molar-refractivity contribution in [1.29, 1.82) is 0 Å². The van der Waals surface area contributed by atoms with Crippen molar-refractivity contribution in [3.8, 4) is 0 Å². The molecule has 0 saturated carbocycles. The summed E-state index contributed by atoms with van der Waals surface area (Å²) in [6.07, 6.45) is -0.0857. The lowest BCUT2D eigenvalue weighted by Crippen LogP contribution is -2.48. The maximum Gasteiger partial charge on any atom is 0.407 e. The molecule has 1 amide bonds. The summed E-state index contributed by atoms with van der Waals surface area (Å²) < 4.78 is 49.7. The van der Waals surface area contributed by atoms with Gasteiger partial charge in [-0.3, -0.25) is 19.8 Å². The first-order valence-electron chi connectivity index (χ1n) is 11.1. The second-order valence-corrected chi connectivity index (χ2v) is 8.93. The minimum Gasteiger partial charge on any atom is -0.377 e. The molecule has 4 aliphatic rings. The number of halogens is 3. The van der Waals surface area contributed by atoms with E-state index in [-0.39, 0.29) is 36.4 Å². The van der Waals surface area contributed by atoms with E-state index in [0.717, 1.165) is 17.9 Å². The van der Waals surface area contributed by atoms with Gasteiger partial charge in [0.05, 0.1) is 42.9 Å². The minimum atomic E-state index is -4.36. The van der Waals surface area contributed by atoms with E-state index in [1.807, 2.05) is 20.1 Å². The van der Waals surface area contributed by atoms with Crippen LogP contribution >= 0.6 is 0 Å².